The second-order valence-electron chi connectivity index (χ2n) is 9.64. The molecule has 0 fully saturated rings. The molecule has 2 aromatic heterocycles. The molecule has 1 aliphatic carbocycles. The number of carboxylic acid groups (broad SMARTS) is 1. The first-order valence-electron chi connectivity index (χ1n) is 12.7. The number of hydrogen-bond acceptors (Lipinski definition) is 4. The number of carbonyl (C=O) groups is 2. The second kappa shape index (κ2) is 11.3. The van der Waals surface area contributed by atoms with Crippen molar-refractivity contribution in [1.29, 1.82) is 0 Å². The Bertz CT molecular complexity index is 1510. The monoisotopic (exact) mass is 531 g/mol. The Labute approximate surface area is 224 Å². The van der Waals surface area contributed by atoms with Gasteiger partial charge in [-0.2, -0.15) is 0 Å². The van der Waals surface area contributed by atoms with E-state index < -0.39 is 5.97 Å². The number of rotatable bonds is 8. The maximum Gasteiger partial charge on any atom is 0.303 e. The molecule has 1 amide bonds. The minimum Gasteiger partial charge on any atom is -0.481 e. The summed E-state index contributed by atoms with van der Waals surface area (Å²) < 4.78 is 13.5. The third-order valence-corrected chi connectivity index (χ3v) is 7.17. The summed E-state index contributed by atoms with van der Waals surface area (Å²) in [6, 6.07) is 15.5. The van der Waals surface area contributed by atoms with Crippen LogP contribution in [0.4, 0.5) is 4.39 Å². The molecule has 0 aliphatic heterocycles. The van der Waals surface area contributed by atoms with Gasteiger partial charge in [0.15, 0.2) is 5.65 Å². The highest BCUT2D eigenvalue weighted by Crippen LogP contribution is 2.32. The van der Waals surface area contributed by atoms with E-state index in [0.717, 1.165) is 41.5 Å². The van der Waals surface area contributed by atoms with Gasteiger partial charge in [0.05, 0.1) is 17.3 Å². The number of aromatic nitrogens is 2. The van der Waals surface area contributed by atoms with Gasteiger partial charge in [0.1, 0.15) is 5.82 Å². The van der Waals surface area contributed by atoms with Gasteiger partial charge in [-0.3, -0.25) is 9.59 Å². The molecule has 4 aromatic rings. The fraction of sp³-hybridized carbons (Fsp3) is 0.267. The first-order valence-corrected chi connectivity index (χ1v) is 13.1. The van der Waals surface area contributed by atoms with Crippen LogP contribution in [0.3, 0.4) is 0 Å². The Morgan fingerprint density at radius 2 is 1.89 bits per heavy atom. The molecular formula is C30H27ClFN3O3. The fourth-order valence-corrected chi connectivity index (χ4v) is 5.24. The van der Waals surface area contributed by atoms with E-state index in [2.05, 4.69) is 10.3 Å². The lowest BCUT2D eigenvalue weighted by Gasteiger charge is -2.26. The Balaban J connectivity index is 1.43. The molecule has 8 heteroatoms. The molecule has 2 heterocycles. The largest absolute Gasteiger partial charge is 0.481 e. The SMILES string of the molecule is O=C(O)CCCCc1cc2cc(C(=O)N[C@@H]3CCCc4cc(Cl)ccc43)cnc2nc1-c1ccc(F)cc1. The number of unbranched alkanes of at least 4 members (excludes halogenated alkanes) is 1. The van der Waals surface area contributed by atoms with Crippen LogP contribution < -0.4 is 5.32 Å². The van der Waals surface area contributed by atoms with Crippen molar-refractivity contribution in [2.45, 2.75) is 51.0 Å². The standard InChI is InChI=1S/C30H27ClFN3O3/c31-23-10-13-25-19(16-23)5-3-6-26(25)34-30(38)22-15-21-14-20(4-1-2-7-27(36)37)28(35-29(21)33-17-22)18-8-11-24(32)12-9-18/h8-17,26H,1-7H2,(H,34,38)(H,36,37)/t26-/m1/s1. The van der Waals surface area contributed by atoms with Crippen molar-refractivity contribution in [1.82, 2.24) is 15.3 Å². The Morgan fingerprint density at radius 3 is 2.68 bits per heavy atom. The molecule has 6 nitrogen and oxygen atoms in total. The van der Waals surface area contributed by atoms with E-state index in [1.165, 1.54) is 18.3 Å². The third-order valence-electron chi connectivity index (χ3n) is 6.94. The number of aliphatic carboxylic acids is 1. The number of hydrogen-bond donors (Lipinski definition) is 2. The lowest BCUT2D eigenvalue weighted by Crippen LogP contribution is -2.31. The van der Waals surface area contributed by atoms with E-state index in [1.54, 1.807) is 18.2 Å². The molecule has 0 saturated carbocycles. The van der Waals surface area contributed by atoms with Crippen LogP contribution in [0, 0.1) is 5.82 Å². The highest BCUT2D eigenvalue weighted by atomic mass is 35.5. The Hall–Kier alpha value is -3.84. The first kappa shape index (κ1) is 25.8. The predicted octanol–water partition coefficient (Wildman–Crippen LogP) is 6.69. The summed E-state index contributed by atoms with van der Waals surface area (Å²) in [7, 11) is 0. The number of pyridine rings is 2. The lowest BCUT2D eigenvalue weighted by atomic mass is 9.87. The van der Waals surface area contributed by atoms with Gasteiger partial charge >= 0.3 is 5.97 Å². The second-order valence-corrected chi connectivity index (χ2v) is 10.1. The molecule has 2 N–H and O–H groups in total. The minimum atomic E-state index is -0.830. The number of nitrogens with zero attached hydrogens (tertiary/aromatic N) is 2. The summed E-state index contributed by atoms with van der Waals surface area (Å²) in [5, 5.41) is 13.5. The van der Waals surface area contributed by atoms with Gasteiger partial charge in [-0.15, -0.1) is 0 Å². The number of carbonyl (C=O) groups excluding carboxylic acids is 1. The number of aryl methyl sites for hydroxylation is 2. The topological polar surface area (TPSA) is 92.2 Å². The maximum atomic E-state index is 13.5. The van der Waals surface area contributed by atoms with E-state index in [0.29, 0.717) is 46.6 Å². The van der Waals surface area contributed by atoms with Crippen LogP contribution in [0.2, 0.25) is 5.02 Å². The van der Waals surface area contributed by atoms with Gasteiger partial charge in [-0.05, 0) is 104 Å². The molecule has 2 aromatic carbocycles. The average Bonchev–Trinajstić information content (AvgIpc) is 2.90. The van der Waals surface area contributed by atoms with Crippen molar-refractivity contribution in [3.63, 3.8) is 0 Å². The third kappa shape index (κ3) is 5.83. The van der Waals surface area contributed by atoms with Crippen LogP contribution in [0.5, 0.6) is 0 Å². The minimum absolute atomic E-state index is 0.0925. The zero-order valence-electron chi connectivity index (χ0n) is 20.7. The zero-order valence-corrected chi connectivity index (χ0v) is 21.5. The van der Waals surface area contributed by atoms with Gasteiger partial charge in [0, 0.05) is 28.6 Å². The van der Waals surface area contributed by atoms with E-state index in [-0.39, 0.29) is 24.2 Å². The normalized spacial score (nSPS) is 14.7. The number of nitrogens with one attached hydrogen (secondary N) is 1. The van der Waals surface area contributed by atoms with Gasteiger partial charge < -0.3 is 10.4 Å². The number of benzene rings is 2. The summed E-state index contributed by atoms with van der Waals surface area (Å²) in [5.41, 5.74) is 5.50. The van der Waals surface area contributed by atoms with Crippen molar-refractivity contribution in [2.24, 2.45) is 0 Å². The molecule has 0 radical (unpaired) electrons. The highest BCUT2D eigenvalue weighted by Gasteiger charge is 2.23. The average molecular weight is 532 g/mol. The summed E-state index contributed by atoms with van der Waals surface area (Å²) in [6.07, 6.45) is 6.17. The van der Waals surface area contributed by atoms with Crippen LogP contribution in [0.15, 0.2) is 60.8 Å². The maximum absolute atomic E-state index is 13.5. The van der Waals surface area contributed by atoms with Crippen LogP contribution in [0.1, 0.15) is 65.2 Å². The molecule has 194 valence electrons. The van der Waals surface area contributed by atoms with Crippen molar-refractivity contribution in [3.8, 4) is 11.3 Å². The van der Waals surface area contributed by atoms with Crippen molar-refractivity contribution < 1.29 is 19.1 Å². The smallest absolute Gasteiger partial charge is 0.303 e. The number of halogens is 2. The highest BCUT2D eigenvalue weighted by molar-refractivity contribution is 6.30. The molecule has 38 heavy (non-hydrogen) atoms. The molecule has 0 spiro atoms. The summed E-state index contributed by atoms with van der Waals surface area (Å²) in [6.45, 7) is 0. The number of amides is 1. The first-order chi connectivity index (χ1) is 18.4. The molecule has 0 unspecified atom stereocenters. The zero-order chi connectivity index (χ0) is 26.6. The summed E-state index contributed by atoms with van der Waals surface area (Å²) >= 11 is 6.16. The molecule has 1 aliphatic rings. The Morgan fingerprint density at radius 1 is 1.08 bits per heavy atom. The van der Waals surface area contributed by atoms with Gasteiger partial charge in [-0.25, -0.2) is 14.4 Å². The van der Waals surface area contributed by atoms with Gasteiger partial charge in [0.2, 0.25) is 0 Å². The van der Waals surface area contributed by atoms with Crippen molar-refractivity contribution in [2.75, 3.05) is 0 Å². The van der Waals surface area contributed by atoms with Crippen LogP contribution in [-0.4, -0.2) is 27.0 Å². The number of fused-ring (bicyclic) bond motifs is 2. The van der Waals surface area contributed by atoms with Crippen LogP contribution in [0.25, 0.3) is 22.3 Å². The number of carboxylic acids is 1. The molecule has 5 rings (SSSR count). The molecule has 0 saturated heterocycles. The lowest BCUT2D eigenvalue weighted by molar-refractivity contribution is -0.137. The van der Waals surface area contributed by atoms with Crippen molar-refractivity contribution >= 4 is 34.5 Å². The van der Waals surface area contributed by atoms with Crippen LogP contribution in [-0.2, 0) is 17.6 Å². The van der Waals surface area contributed by atoms with Crippen LogP contribution >= 0.6 is 11.6 Å². The van der Waals surface area contributed by atoms with E-state index in [1.807, 2.05) is 24.3 Å². The van der Waals surface area contributed by atoms with Crippen molar-refractivity contribution in [3.05, 3.63) is 93.9 Å². The van der Waals surface area contributed by atoms with Gasteiger partial charge in [0.25, 0.3) is 5.91 Å². The summed E-state index contributed by atoms with van der Waals surface area (Å²) in [5.74, 6) is -1.38. The molecule has 1 atom stereocenters. The summed E-state index contributed by atoms with van der Waals surface area (Å²) in [4.78, 5) is 33.4. The quantitative estimate of drug-likeness (QED) is 0.247. The predicted molar refractivity (Wildman–Crippen MR) is 145 cm³/mol. The fourth-order valence-electron chi connectivity index (χ4n) is 5.05. The Kier molecular flexibility index (Phi) is 7.65. The van der Waals surface area contributed by atoms with E-state index >= 15 is 0 Å². The molecular weight excluding hydrogens is 505 g/mol. The molecule has 0 bridgehead atoms. The van der Waals surface area contributed by atoms with E-state index in [9.17, 15) is 14.0 Å². The van der Waals surface area contributed by atoms with E-state index in [4.69, 9.17) is 21.7 Å². The van der Waals surface area contributed by atoms with Gasteiger partial charge in [-0.1, -0.05) is 17.7 Å².